The lowest BCUT2D eigenvalue weighted by Crippen LogP contribution is -2.35. The molecule has 0 radical (unpaired) electrons. The average molecular weight is 343 g/mol. The summed E-state index contributed by atoms with van der Waals surface area (Å²) in [5.74, 6) is 0.417. The van der Waals surface area contributed by atoms with Gasteiger partial charge < -0.3 is 14.2 Å². The number of hydrogen-bond donors (Lipinski definition) is 0. The summed E-state index contributed by atoms with van der Waals surface area (Å²) in [6, 6.07) is 5.41. The molecule has 0 unspecified atom stereocenters. The summed E-state index contributed by atoms with van der Waals surface area (Å²) in [5.41, 5.74) is 2.44. The van der Waals surface area contributed by atoms with Gasteiger partial charge in [0.15, 0.2) is 0 Å². The fraction of sp³-hybridized carbons (Fsp3) is 0.526. The zero-order valence-electron chi connectivity index (χ0n) is 15.1. The highest BCUT2D eigenvalue weighted by molar-refractivity contribution is 5.97. The number of fused-ring (bicyclic) bond motifs is 1. The molecular weight excluding hydrogens is 318 g/mol. The van der Waals surface area contributed by atoms with Gasteiger partial charge in [-0.25, -0.2) is 4.98 Å². The molecule has 0 saturated carbocycles. The molecule has 1 aromatic heterocycles. The van der Waals surface area contributed by atoms with E-state index in [1.165, 1.54) is 0 Å². The summed E-state index contributed by atoms with van der Waals surface area (Å²) in [6.45, 7) is 9.10. The second-order valence-corrected chi connectivity index (χ2v) is 6.52. The van der Waals surface area contributed by atoms with Gasteiger partial charge >= 0.3 is 0 Å². The maximum absolute atomic E-state index is 12.9. The molecule has 6 nitrogen and oxygen atoms in total. The van der Waals surface area contributed by atoms with E-state index in [9.17, 15) is 9.59 Å². The second-order valence-electron chi connectivity index (χ2n) is 6.52. The first-order chi connectivity index (χ1) is 12.0. The molecule has 0 bridgehead atoms. The predicted molar refractivity (Wildman–Crippen MR) is 96.9 cm³/mol. The second kappa shape index (κ2) is 7.35. The fourth-order valence-electron chi connectivity index (χ4n) is 3.40. The first kappa shape index (κ1) is 17.6. The quantitative estimate of drug-likeness (QED) is 0.835. The highest BCUT2D eigenvalue weighted by Crippen LogP contribution is 2.18. The van der Waals surface area contributed by atoms with E-state index in [1.54, 1.807) is 23.6 Å². The number of hydrogen-bond acceptors (Lipinski definition) is 4. The Labute approximate surface area is 147 Å². The zero-order chi connectivity index (χ0) is 18.0. The van der Waals surface area contributed by atoms with Crippen LogP contribution in [0.25, 0.3) is 11.0 Å². The van der Waals surface area contributed by atoms with Gasteiger partial charge in [0.2, 0.25) is 0 Å². The van der Waals surface area contributed by atoms with Crippen LogP contribution in [0.4, 0.5) is 0 Å². The van der Waals surface area contributed by atoms with E-state index in [-0.39, 0.29) is 11.5 Å². The molecular formula is C19H25N3O3. The summed E-state index contributed by atoms with van der Waals surface area (Å²) in [7, 11) is 0. The van der Waals surface area contributed by atoms with Gasteiger partial charge in [0.1, 0.15) is 5.69 Å². The van der Waals surface area contributed by atoms with E-state index in [1.807, 2.05) is 24.8 Å². The van der Waals surface area contributed by atoms with Crippen molar-refractivity contribution in [3.05, 3.63) is 39.8 Å². The Morgan fingerprint density at radius 3 is 2.84 bits per heavy atom. The van der Waals surface area contributed by atoms with Crippen LogP contribution in [0.1, 0.15) is 36.3 Å². The normalized spacial score (nSPS) is 17.2. The van der Waals surface area contributed by atoms with Gasteiger partial charge in [-0.1, -0.05) is 0 Å². The standard InChI is InChI=1S/C19H25N3O3/c1-4-21(11-14-8-9-25-12-14)19(24)15-6-7-17-16(10-15)20-13(3)18(23)22(17)5-2/h6-7,10,14H,4-5,8-9,11-12H2,1-3H3/t14-/m1/s1. The molecule has 3 rings (SSSR count). The van der Waals surface area contributed by atoms with Crippen molar-refractivity contribution >= 4 is 16.9 Å². The zero-order valence-corrected chi connectivity index (χ0v) is 15.1. The summed E-state index contributed by atoms with van der Waals surface area (Å²) < 4.78 is 7.11. The third-order valence-electron chi connectivity index (χ3n) is 4.84. The third kappa shape index (κ3) is 3.44. The van der Waals surface area contributed by atoms with Crippen LogP contribution in [-0.2, 0) is 11.3 Å². The number of aromatic nitrogens is 2. The van der Waals surface area contributed by atoms with Gasteiger partial charge in [-0.2, -0.15) is 0 Å². The van der Waals surface area contributed by atoms with Crippen LogP contribution < -0.4 is 5.56 Å². The van der Waals surface area contributed by atoms with E-state index >= 15 is 0 Å². The van der Waals surface area contributed by atoms with Crippen LogP contribution in [0.5, 0.6) is 0 Å². The molecule has 6 heteroatoms. The van der Waals surface area contributed by atoms with E-state index in [4.69, 9.17) is 4.74 Å². The molecule has 0 aliphatic carbocycles. The molecule has 1 saturated heterocycles. The Balaban J connectivity index is 1.93. The number of aryl methyl sites for hydroxylation is 2. The van der Waals surface area contributed by atoms with Crippen molar-refractivity contribution < 1.29 is 9.53 Å². The number of benzene rings is 1. The monoisotopic (exact) mass is 343 g/mol. The Kier molecular flexibility index (Phi) is 5.18. The van der Waals surface area contributed by atoms with Gasteiger partial charge in [-0.05, 0) is 45.4 Å². The van der Waals surface area contributed by atoms with Crippen LogP contribution in [-0.4, -0.2) is 46.7 Å². The summed E-state index contributed by atoms with van der Waals surface area (Å²) in [4.78, 5) is 31.4. The van der Waals surface area contributed by atoms with Crippen LogP contribution in [0.15, 0.2) is 23.0 Å². The number of nitrogens with zero attached hydrogens (tertiary/aromatic N) is 3. The minimum Gasteiger partial charge on any atom is -0.381 e. The highest BCUT2D eigenvalue weighted by atomic mass is 16.5. The van der Waals surface area contributed by atoms with Gasteiger partial charge in [0.05, 0.1) is 17.6 Å². The minimum atomic E-state index is -0.0782. The van der Waals surface area contributed by atoms with Crippen molar-refractivity contribution in [2.24, 2.45) is 5.92 Å². The summed E-state index contributed by atoms with van der Waals surface area (Å²) in [6.07, 6.45) is 1.00. The molecule has 1 aliphatic heterocycles. The lowest BCUT2D eigenvalue weighted by atomic mass is 10.1. The third-order valence-corrected chi connectivity index (χ3v) is 4.84. The van der Waals surface area contributed by atoms with Crippen LogP contribution >= 0.6 is 0 Å². The largest absolute Gasteiger partial charge is 0.381 e. The smallest absolute Gasteiger partial charge is 0.272 e. The molecule has 1 aliphatic rings. The minimum absolute atomic E-state index is 0.00463. The van der Waals surface area contributed by atoms with Gasteiger partial charge in [0.25, 0.3) is 11.5 Å². The van der Waals surface area contributed by atoms with Crippen molar-refractivity contribution in [3.63, 3.8) is 0 Å². The van der Waals surface area contributed by atoms with Crippen molar-refractivity contribution in [3.8, 4) is 0 Å². The number of carbonyl (C=O) groups excluding carboxylic acids is 1. The topological polar surface area (TPSA) is 64.4 Å². The first-order valence-electron chi connectivity index (χ1n) is 8.93. The van der Waals surface area contributed by atoms with E-state index in [2.05, 4.69) is 4.98 Å². The predicted octanol–water partition coefficient (Wildman–Crippen LogP) is 2.22. The van der Waals surface area contributed by atoms with Gasteiger partial charge in [-0.15, -0.1) is 0 Å². The van der Waals surface area contributed by atoms with Crippen molar-refractivity contribution in [2.75, 3.05) is 26.3 Å². The Bertz CT molecular complexity index is 838. The average Bonchev–Trinajstić information content (AvgIpc) is 3.13. The van der Waals surface area contributed by atoms with Gasteiger partial charge in [-0.3, -0.25) is 9.59 Å². The number of carbonyl (C=O) groups is 1. The molecule has 0 N–H and O–H groups in total. The van der Waals surface area contributed by atoms with Crippen LogP contribution in [0.3, 0.4) is 0 Å². The fourth-order valence-corrected chi connectivity index (χ4v) is 3.40. The summed E-state index contributed by atoms with van der Waals surface area (Å²) in [5, 5.41) is 0. The Morgan fingerprint density at radius 1 is 1.40 bits per heavy atom. The lowest BCUT2D eigenvalue weighted by Gasteiger charge is -2.24. The number of amides is 1. The molecule has 134 valence electrons. The molecule has 1 fully saturated rings. The van der Waals surface area contributed by atoms with E-state index in [0.717, 1.165) is 25.2 Å². The van der Waals surface area contributed by atoms with E-state index in [0.29, 0.717) is 42.3 Å². The van der Waals surface area contributed by atoms with Crippen LogP contribution in [0.2, 0.25) is 0 Å². The van der Waals surface area contributed by atoms with Gasteiger partial charge in [0, 0.05) is 37.7 Å². The highest BCUT2D eigenvalue weighted by Gasteiger charge is 2.22. The maximum atomic E-state index is 12.9. The molecule has 1 atom stereocenters. The number of ether oxygens (including phenoxy) is 1. The van der Waals surface area contributed by atoms with Crippen molar-refractivity contribution in [1.82, 2.24) is 14.5 Å². The molecule has 2 heterocycles. The van der Waals surface area contributed by atoms with Crippen LogP contribution in [0, 0.1) is 12.8 Å². The molecule has 1 aromatic carbocycles. The lowest BCUT2D eigenvalue weighted by molar-refractivity contribution is 0.0731. The SMILES string of the molecule is CCN(C[C@H]1CCOC1)C(=O)c1ccc2c(c1)nc(C)c(=O)n2CC. The van der Waals surface area contributed by atoms with Crippen molar-refractivity contribution in [1.29, 1.82) is 0 Å². The molecule has 2 aromatic rings. The number of rotatable bonds is 5. The van der Waals surface area contributed by atoms with Crippen molar-refractivity contribution in [2.45, 2.75) is 33.7 Å². The summed E-state index contributed by atoms with van der Waals surface area (Å²) >= 11 is 0. The van der Waals surface area contributed by atoms with E-state index < -0.39 is 0 Å². The molecule has 0 spiro atoms. The maximum Gasteiger partial charge on any atom is 0.272 e. The Morgan fingerprint density at radius 2 is 2.20 bits per heavy atom. The molecule has 1 amide bonds. The first-order valence-corrected chi connectivity index (χ1v) is 8.93. The Hall–Kier alpha value is -2.21. The molecule has 25 heavy (non-hydrogen) atoms.